The van der Waals surface area contributed by atoms with Crippen molar-refractivity contribution in [2.24, 2.45) is 0 Å². The summed E-state index contributed by atoms with van der Waals surface area (Å²) in [7, 11) is 0. The summed E-state index contributed by atoms with van der Waals surface area (Å²) in [4.78, 5) is 31.5. The molecule has 6 heterocycles. The molecule has 2 aromatic heterocycles. The zero-order valence-electron chi connectivity index (χ0n) is 27.9. The van der Waals surface area contributed by atoms with Gasteiger partial charge < -0.3 is 30.1 Å². The summed E-state index contributed by atoms with van der Waals surface area (Å²) in [5.41, 5.74) is -0.851. The molecule has 4 aliphatic rings. The Kier molecular flexibility index (Phi) is 8.20. The number of pyridine rings is 1. The molecule has 4 aromatic rings. The van der Waals surface area contributed by atoms with Crippen molar-refractivity contribution in [2.75, 3.05) is 57.4 Å². The highest BCUT2D eigenvalue weighted by atomic mass is 19.1. The van der Waals surface area contributed by atoms with Crippen molar-refractivity contribution >= 4 is 33.4 Å². The van der Waals surface area contributed by atoms with E-state index in [1.807, 2.05) is 0 Å². The zero-order chi connectivity index (χ0) is 34.6. The number of carbonyl (C=O) groups is 1. The number of nitrogens with one attached hydrogen (secondary N) is 2. The maximum atomic E-state index is 17.0. The second-order valence-corrected chi connectivity index (χ2v) is 13.9. The van der Waals surface area contributed by atoms with Crippen molar-refractivity contribution in [3.63, 3.8) is 0 Å². The molecular weight excluding hydrogens is 644 g/mol. The van der Waals surface area contributed by atoms with Gasteiger partial charge in [-0.1, -0.05) is 18.9 Å². The van der Waals surface area contributed by atoms with Gasteiger partial charge in [-0.3, -0.25) is 14.7 Å². The average Bonchev–Trinajstić information content (AvgIpc) is 3.66. The molecule has 8 rings (SSSR count). The van der Waals surface area contributed by atoms with Crippen LogP contribution in [0.4, 0.5) is 14.6 Å². The quantitative estimate of drug-likeness (QED) is 0.268. The van der Waals surface area contributed by atoms with Gasteiger partial charge in [0.05, 0.1) is 34.7 Å². The smallest absolute Gasteiger partial charge is 0.319 e. The van der Waals surface area contributed by atoms with E-state index >= 15 is 4.39 Å². The van der Waals surface area contributed by atoms with Crippen molar-refractivity contribution in [2.45, 2.75) is 56.2 Å². The van der Waals surface area contributed by atoms with Gasteiger partial charge in [-0.15, -0.1) is 6.42 Å². The van der Waals surface area contributed by atoms with Crippen LogP contribution in [0.2, 0.25) is 0 Å². The predicted molar refractivity (Wildman–Crippen MR) is 184 cm³/mol. The maximum absolute atomic E-state index is 17.0. The summed E-state index contributed by atoms with van der Waals surface area (Å²) >= 11 is 0. The Morgan fingerprint density at radius 1 is 1.22 bits per heavy atom. The van der Waals surface area contributed by atoms with Gasteiger partial charge in [0.15, 0.2) is 5.82 Å². The number of piperazine rings is 1. The molecule has 4 aliphatic heterocycles. The van der Waals surface area contributed by atoms with Gasteiger partial charge in [0.2, 0.25) is 5.91 Å². The van der Waals surface area contributed by atoms with Crippen LogP contribution in [0.15, 0.2) is 30.5 Å². The van der Waals surface area contributed by atoms with Crippen LogP contribution in [-0.2, 0) is 9.53 Å². The third kappa shape index (κ3) is 5.55. The number of nitrogens with zero attached hydrogens (tertiary/aromatic N) is 5. The number of terminal acetylenes is 1. The molecule has 3 N–H and O–H groups in total. The predicted octanol–water partition coefficient (Wildman–Crippen LogP) is 3.89. The standard InChI is InChI=1S/C37H39F2N7O4/c1-3-25-28(38)7-6-22-14-23(47)15-26(30(22)25)32-31(39)33-27(17-40-32)34-44-35(43-33)50-21-37-9-5-11-46(37)18-24(16-37)49-13-8-29(48)41-19-36(4-2)20-45(34)12-10-42-36/h1,6-7,14-15,17,24,42,47H,4-5,8-13,16,18-21H2,2H3,(H,41,48)/t24-,36-,37-/m0/s1. The number of hydrogen-bond donors (Lipinski definition) is 3. The minimum atomic E-state index is -0.778. The van der Waals surface area contributed by atoms with E-state index in [1.54, 1.807) is 0 Å². The van der Waals surface area contributed by atoms with Gasteiger partial charge in [0.1, 0.15) is 35.2 Å². The number of fused-ring (bicyclic) bond motifs is 9. The fourth-order valence-corrected chi connectivity index (χ4v) is 8.34. The summed E-state index contributed by atoms with van der Waals surface area (Å²) < 4.78 is 44.6. The first-order valence-corrected chi connectivity index (χ1v) is 17.3. The van der Waals surface area contributed by atoms with Crippen LogP contribution in [0.3, 0.4) is 0 Å². The number of anilines is 1. The van der Waals surface area contributed by atoms with Gasteiger partial charge in [0, 0.05) is 56.3 Å². The van der Waals surface area contributed by atoms with Gasteiger partial charge in [0.25, 0.3) is 0 Å². The van der Waals surface area contributed by atoms with E-state index in [1.165, 1.54) is 30.5 Å². The van der Waals surface area contributed by atoms with Crippen LogP contribution in [0.1, 0.15) is 44.6 Å². The molecule has 1 amide bonds. The first-order valence-electron chi connectivity index (χ1n) is 17.3. The number of hydrogen-bond acceptors (Lipinski definition) is 10. The van der Waals surface area contributed by atoms with Gasteiger partial charge in [-0.25, -0.2) is 8.78 Å². The van der Waals surface area contributed by atoms with Crippen LogP contribution in [0.25, 0.3) is 32.9 Å². The second-order valence-electron chi connectivity index (χ2n) is 13.9. The lowest BCUT2D eigenvalue weighted by molar-refractivity contribution is -0.122. The van der Waals surface area contributed by atoms with E-state index in [-0.39, 0.29) is 63.5 Å². The number of ether oxygens (including phenoxy) is 2. The number of amides is 1. The van der Waals surface area contributed by atoms with Crippen LogP contribution >= 0.6 is 0 Å². The van der Waals surface area contributed by atoms with Gasteiger partial charge in [-0.2, -0.15) is 9.97 Å². The lowest BCUT2D eigenvalue weighted by Gasteiger charge is -2.44. The van der Waals surface area contributed by atoms with Crippen molar-refractivity contribution in [3.8, 4) is 35.4 Å². The third-order valence-corrected chi connectivity index (χ3v) is 11.0. The number of aromatic hydroxyl groups is 1. The number of carbonyl (C=O) groups excluding carboxylic acids is 1. The van der Waals surface area contributed by atoms with E-state index < -0.39 is 17.2 Å². The van der Waals surface area contributed by atoms with Crippen LogP contribution in [0, 0.1) is 24.0 Å². The zero-order valence-corrected chi connectivity index (χ0v) is 27.9. The Bertz CT molecular complexity index is 2060. The average molecular weight is 684 g/mol. The Hall–Kier alpha value is -4.64. The first kappa shape index (κ1) is 32.6. The van der Waals surface area contributed by atoms with Gasteiger partial charge in [-0.05, 0) is 55.8 Å². The molecule has 0 saturated carbocycles. The molecule has 0 radical (unpaired) electrons. The lowest BCUT2D eigenvalue weighted by atomic mass is 9.92. The Morgan fingerprint density at radius 3 is 2.94 bits per heavy atom. The first-order chi connectivity index (χ1) is 24.2. The molecule has 6 bridgehead atoms. The molecule has 1 spiro atoms. The molecule has 0 unspecified atom stereocenters. The van der Waals surface area contributed by atoms with Crippen molar-refractivity contribution < 1.29 is 28.2 Å². The summed E-state index contributed by atoms with van der Waals surface area (Å²) in [5, 5.41) is 18.4. The van der Waals surface area contributed by atoms with E-state index in [4.69, 9.17) is 20.9 Å². The van der Waals surface area contributed by atoms with E-state index in [2.05, 4.69) is 43.2 Å². The Labute approximate surface area is 288 Å². The third-order valence-electron chi connectivity index (χ3n) is 11.0. The van der Waals surface area contributed by atoms with Crippen LogP contribution < -0.4 is 20.3 Å². The van der Waals surface area contributed by atoms with Crippen LogP contribution in [-0.4, -0.2) is 101 Å². The van der Waals surface area contributed by atoms with Crippen LogP contribution in [0.5, 0.6) is 11.8 Å². The highest BCUT2D eigenvalue weighted by Gasteiger charge is 2.49. The monoisotopic (exact) mass is 683 g/mol. The largest absolute Gasteiger partial charge is 0.508 e. The number of phenols is 1. The van der Waals surface area contributed by atoms with Crippen molar-refractivity contribution in [3.05, 3.63) is 47.7 Å². The summed E-state index contributed by atoms with van der Waals surface area (Å²) in [6.07, 6.45) is 10.8. The number of rotatable bonds is 2. The molecule has 0 aliphatic carbocycles. The van der Waals surface area contributed by atoms with E-state index in [0.29, 0.717) is 62.4 Å². The normalized spacial score (nSPS) is 25.9. The molecule has 11 nitrogen and oxygen atoms in total. The Balaban J connectivity index is 1.29. The number of benzene rings is 2. The molecular formula is C37H39F2N7O4. The van der Waals surface area contributed by atoms with Crippen molar-refractivity contribution in [1.29, 1.82) is 0 Å². The summed E-state index contributed by atoms with van der Waals surface area (Å²) in [5.74, 6) is 1.21. The molecule has 260 valence electrons. The minimum absolute atomic E-state index is 0.0228. The minimum Gasteiger partial charge on any atom is -0.508 e. The van der Waals surface area contributed by atoms with E-state index in [9.17, 15) is 14.3 Å². The molecule has 2 aromatic carbocycles. The summed E-state index contributed by atoms with van der Waals surface area (Å²) in [6, 6.07) is 5.51. The van der Waals surface area contributed by atoms with E-state index in [0.717, 1.165) is 32.4 Å². The van der Waals surface area contributed by atoms with Gasteiger partial charge >= 0.3 is 6.01 Å². The second kappa shape index (κ2) is 12.6. The fourth-order valence-electron chi connectivity index (χ4n) is 8.34. The lowest BCUT2D eigenvalue weighted by Crippen LogP contribution is -2.65. The molecule has 3 atom stereocenters. The Morgan fingerprint density at radius 2 is 2.10 bits per heavy atom. The number of phenolic OH excluding ortho intramolecular Hbond substituents is 1. The number of halogens is 2. The topological polar surface area (TPSA) is 125 Å². The maximum Gasteiger partial charge on any atom is 0.319 e. The molecule has 3 saturated heterocycles. The highest BCUT2D eigenvalue weighted by Crippen LogP contribution is 2.42. The molecule has 13 heteroatoms. The molecule has 3 fully saturated rings. The summed E-state index contributed by atoms with van der Waals surface area (Å²) in [6.45, 7) is 6.36. The van der Waals surface area contributed by atoms with Crippen molar-refractivity contribution in [1.82, 2.24) is 30.5 Å². The highest BCUT2D eigenvalue weighted by molar-refractivity contribution is 6.03. The molecule has 50 heavy (non-hydrogen) atoms. The fraction of sp³-hybridized carbons (Fsp3) is 0.459. The SMILES string of the molecule is C#Cc1c(F)ccc2cc(O)cc(-c3ncc4c5nc(nc4c3F)OC[C@@]34CCCN3C[C@H](C4)OCCC(=O)NC[C@@]3(CC)CN5CCN3)c12. The number of aromatic nitrogens is 3.